The number of hydrogen-bond acceptors (Lipinski definition) is 4. The molecule has 0 aliphatic rings. The van der Waals surface area contributed by atoms with E-state index < -0.39 is 0 Å². The number of methoxy groups -OCH3 is 1. The van der Waals surface area contributed by atoms with Crippen molar-refractivity contribution < 1.29 is 4.74 Å². The van der Waals surface area contributed by atoms with E-state index in [2.05, 4.69) is 47.5 Å². The molecule has 0 bridgehead atoms. The van der Waals surface area contributed by atoms with E-state index in [4.69, 9.17) is 4.74 Å². The molecule has 1 heterocycles. The summed E-state index contributed by atoms with van der Waals surface area (Å²) < 4.78 is 8.79. The van der Waals surface area contributed by atoms with Crippen LogP contribution in [0.3, 0.4) is 0 Å². The molecule has 0 aliphatic heterocycles. The van der Waals surface area contributed by atoms with Crippen LogP contribution in [0.15, 0.2) is 27.3 Å². The summed E-state index contributed by atoms with van der Waals surface area (Å²) >= 11 is 6.94. The molecule has 96 valence electrons. The number of nitrogens with zero attached hydrogens (tertiary/aromatic N) is 3. The van der Waals surface area contributed by atoms with Crippen molar-refractivity contribution in [2.24, 2.45) is 0 Å². The summed E-state index contributed by atoms with van der Waals surface area (Å²) in [5, 5.41) is 11.2. The summed E-state index contributed by atoms with van der Waals surface area (Å²) in [6.07, 6.45) is 1.88. The zero-order chi connectivity index (χ0) is 13.1. The standard InChI is InChI=1S/C11H12Br2N4O/c1-14-5-7-6-17(16-15-7)10-4-11(18-2)9(13)3-8(10)12/h3-4,6,14H,5H2,1-2H3. The molecule has 0 saturated heterocycles. The van der Waals surface area contributed by atoms with Crippen molar-refractivity contribution in [3.8, 4) is 11.4 Å². The van der Waals surface area contributed by atoms with Crippen LogP contribution in [0.2, 0.25) is 0 Å². The summed E-state index contributed by atoms with van der Waals surface area (Å²) in [7, 11) is 3.50. The maximum atomic E-state index is 5.27. The van der Waals surface area contributed by atoms with Gasteiger partial charge in [0.25, 0.3) is 0 Å². The molecule has 0 fully saturated rings. The topological polar surface area (TPSA) is 52.0 Å². The van der Waals surface area contributed by atoms with E-state index >= 15 is 0 Å². The first-order valence-corrected chi connectivity index (χ1v) is 6.83. The molecule has 0 atom stereocenters. The summed E-state index contributed by atoms with van der Waals surface area (Å²) in [5.74, 6) is 0.749. The molecule has 2 aromatic rings. The molecule has 1 N–H and O–H groups in total. The number of nitrogens with one attached hydrogen (secondary N) is 1. The Labute approximate surface area is 122 Å². The Bertz CT molecular complexity index is 556. The van der Waals surface area contributed by atoms with Crippen molar-refractivity contribution in [3.63, 3.8) is 0 Å². The fourth-order valence-corrected chi connectivity index (χ4v) is 2.87. The minimum atomic E-state index is 0.686. The Kier molecular flexibility index (Phi) is 4.36. The molecule has 0 saturated carbocycles. The third-order valence-electron chi connectivity index (χ3n) is 2.37. The van der Waals surface area contributed by atoms with Crippen molar-refractivity contribution >= 4 is 31.9 Å². The molecule has 0 unspecified atom stereocenters. The molecule has 18 heavy (non-hydrogen) atoms. The molecule has 0 radical (unpaired) electrons. The van der Waals surface area contributed by atoms with Crippen molar-refractivity contribution in [1.29, 1.82) is 0 Å². The van der Waals surface area contributed by atoms with Gasteiger partial charge in [0, 0.05) is 17.1 Å². The number of aromatic nitrogens is 3. The fraction of sp³-hybridized carbons (Fsp3) is 0.273. The van der Waals surface area contributed by atoms with E-state index in [1.54, 1.807) is 11.8 Å². The van der Waals surface area contributed by atoms with Crippen LogP contribution < -0.4 is 10.1 Å². The van der Waals surface area contributed by atoms with Gasteiger partial charge in [-0.25, -0.2) is 4.68 Å². The van der Waals surface area contributed by atoms with E-state index in [1.165, 1.54) is 0 Å². The highest BCUT2D eigenvalue weighted by molar-refractivity contribution is 9.11. The second kappa shape index (κ2) is 5.81. The molecule has 0 amide bonds. The van der Waals surface area contributed by atoms with Gasteiger partial charge in [-0.15, -0.1) is 5.10 Å². The van der Waals surface area contributed by atoms with Gasteiger partial charge in [-0.3, -0.25) is 0 Å². The number of rotatable bonds is 4. The maximum Gasteiger partial charge on any atom is 0.135 e. The van der Waals surface area contributed by atoms with Crippen LogP contribution in [0.4, 0.5) is 0 Å². The van der Waals surface area contributed by atoms with Gasteiger partial charge in [-0.05, 0) is 45.0 Å². The zero-order valence-corrected chi connectivity index (χ0v) is 13.1. The summed E-state index contributed by atoms with van der Waals surface area (Å²) in [6, 6.07) is 3.82. The average Bonchev–Trinajstić information content (AvgIpc) is 2.78. The van der Waals surface area contributed by atoms with Gasteiger partial charge in [-0.1, -0.05) is 5.21 Å². The lowest BCUT2D eigenvalue weighted by molar-refractivity contribution is 0.411. The average molecular weight is 376 g/mol. The van der Waals surface area contributed by atoms with Gasteiger partial charge in [0.1, 0.15) is 5.75 Å². The van der Waals surface area contributed by atoms with Crippen LogP contribution in [0.25, 0.3) is 5.69 Å². The Morgan fingerprint density at radius 3 is 2.78 bits per heavy atom. The van der Waals surface area contributed by atoms with Crippen LogP contribution in [0.5, 0.6) is 5.75 Å². The van der Waals surface area contributed by atoms with Crippen LogP contribution in [0.1, 0.15) is 5.69 Å². The first-order valence-electron chi connectivity index (χ1n) is 5.25. The smallest absolute Gasteiger partial charge is 0.135 e. The maximum absolute atomic E-state index is 5.27. The third-order valence-corrected chi connectivity index (χ3v) is 3.62. The largest absolute Gasteiger partial charge is 0.495 e. The lowest BCUT2D eigenvalue weighted by atomic mass is 10.3. The summed E-state index contributed by atoms with van der Waals surface area (Å²) in [5.41, 5.74) is 1.76. The first kappa shape index (κ1) is 13.5. The normalized spacial score (nSPS) is 10.7. The molecule has 1 aromatic carbocycles. The van der Waals surface area contributed by atoms with Crippen molar-refractivity contribution in [2.75, 3.05) is 14.2 Å². The second-order valence-electron chi connectivity index (χ2n) is 3.62. The van der Waals surface area contributed by atoms with E-state index in [0.717, 1.165) is 26.1 Å². The number of ether oxygens (including phenoxy) is 1. The lowest BCUT2D eigenvalue weighted by Crippen LogP contribution is -2.05. The van der Waals surface area contributed by atoms with Crippen LogP contribution >= 0.6 is 31.9 Å². The minimum absolute atomic E-state index is 0.686. The van der Waals surface area contributed by atoms with E-state index in [9.17, 15) is 0 Å². The third kappa shape index (κ3) is 2.73. The highest BCUT2D eigenvalue weighted by Crippen LogP contribution is 2.33. The quantitative estimate of drug-likeness (QED) is 0.892. The van der Waals surface area contributed by atoms with Crippen molar-refractivity contribution in [1.82, 2.24) is 20.3 Å². The van der Waals surface area contributed by atoms with Crippen LogP contribution in [-0.2, 0) is 6.54 Å². The monoisotopic (exact) mass is 374 g/mol. The first-order chi connectivity index (χ1) is 8.65. The van der Waals surface area contributed by atoms with Gasteiger partial charge in [-0.2, -0.15) is 0 Å². The van der Waals surface area contributed by atoms with Crippen LogP contribution in [0, 0.1) is 0 Å². The molecule has 2 rings (SSSR count). The second-order valence-corrected chi connectivity index (χ2v) is 5.33. The summed E-state index contributed by atoms with van der Waals surface area (Å²) in [4.78, 5) is 0. The predicted molar refractivity (Wildman–Crippen MR) is 76.1 cm³/mol. The molecule has 5 nitrogen and oxygen atoms in total. The van der Waals surface area contributed by atoms with Gasteiger partial charge in [0.15, 0.2) is 0 Å². The number of hydrogen-bond donors (Lipinski definition) is 1. The SMILES string of the molecule is CNCc1cn(-c2cc(OC)c(Br)cc2Br)nn1. The van der Waals surface area contributed by atoms with Gasteiger partial charge < -0.3 is 10.1 Å². The van der Waals surface area contributed by atoms with Crippen molar-refractivity contribution in [2.45, 2.75) is 6.54 Å². The van der Waals surface area contributed by atoms with Gasteiger partial charge in [0.2, 0.25) is 0 Å². The minimum Gasteiger partial charge on any atom is -0.495 e. The van der Waals surface area contributed by atoms with Gasteiger partial charge >= 0.3 is 0 Å². The fourth-order valence-electron chi connectivity index (χ4n) is 1.53. The Morgan fingerprint density at radius 1 is 1.33 bits per heavy atom. The Balaban J connectivity index is 2.42. The molecule has 7 heteroatoms. The van der Waals surface area contributed by atoms with E-state index in [1.807, 2.05) is 25.4 Å². The predicted octanol–water partition coefficient (Wildman–Crippen LogP) is 2.52. The number of benzene rings is 1. The molecule has 1 aromatic heterocycles. The summed E-state index contributed by atoms with van der Waals surface area (Å²) in [6.45, 7) is 0.686. The van der Waals surface area contributed by atoms with Crippen LogP contribution in [-0.4, -0.2) is 29.2 Å². The Morgan fingerprint density at radius 2 is 2.11 bits per heavy atom. The number of halogens is 2. The molecule has 0 aliphatic carbocycles. The molecule has 0 spiro atoms. The highest BCUT2D eigenvalue weighted by atomic mass is 79.9. The highest BCUT2D eigenvalue weighted by Gasteiger charge is 2.10. The van der Waals surface area contributed by atoms with E-state index in [0.29, 0.717) is 6.54 Å². The lowest BCUT2D eigenvalue weighted by Gasteiger charge is -2.08. The molecular formula is C11H12Br2N4O. The Hall–Kier alpha value is -0.920. The zero-order valence-electron chi connectivity index (χ0n) is 9.94. The van der Waals surface area contributed by atoms with Gasteiger partial charge in [0.05, 0.1) is 29.2 Å². The van der Waals surface area contributed by atoms with E-state index in [-0.39, 0.29) is 0 Å². The van der Waals surface area contributed by atoms with Crippen molar-refractivity contribution in [3.05, 3.63) is 33.0 Å². The molecular weight excluding hydrogens is 364 g/mol.